The molecule has 0 aromatic carbocycles. The summed E-state index contributed by atoms with van der Waals surface area (Å²) in [5.74, 6) is 1.75. The van der Waals surface area contributed by atoms with Gasteiger partial charge in [0.05, 0.1) is 6.10 Å². The minimum atomic E-state index is 0.425. The second kappa shape index (κ2) is 5.85. The normalized spacial score (nSPS) is 44.6. The maximum Gasteiger partial charge on any atom is 0.0636 e. The van der Waals surface area contributed by atoms with E-state index in [1.807, 2.05) is 0 Å². The van der Waals surface area contributed by atoms with E-state index in [9.17, 15) is 0 Å². The zero-order chi connectivity index (χ0) is 15.1. The smallest absolute Gasteiger partial charge is 0.0636 e. The third kappa shape index (κ3) is 2.57. The predicted octanol–water partition coefficient (Wildman–Crippen LogP) is 4.39. The van der Waals surface area contributed by atoms with Gasteiger partial charge in [-0.1, -0.05) is 34.1 Å². The Kier molecular flexibility index (Phi) is 4.40. The van der Waals surface area contributed by atoms with Crippen LogP contribution in [0.15, 0.2) is 0 Å². The SMILES string of the molecule is CCNC1CCCC1CCOC1CC2CCC1(C)C2(C)C. The van der Waals surface area contributed by atoms with Crippen molar-refractivity contribution < 1.29 is 4.74 Å². The summed E-state index contributed by atoms with van der Waals surface area (Å²) in [7, 11) is 0. The number of hydrogen-bond donors (Lipinski definition) is 1. The van der Waals surface area contributed by atoms with E-state index >= 15 is 0 Å². The summed E-state index contributed by atoms with van der Waals surface area (Å²) in [6.45, 7) is 11.8. The van der Waals surface area contributed by atoms with E-state index in [1.54, 1.807) is 0 Å². The monoisotopic (exact) mass is 293 g/mol. The Morgan fingerprint density at radius 2 is 1.95 bits per heavy atom. The van der Waals surface area contributed by atoms with Crippen molar-refractivity contribution in [3.8, 4) is 0 Å². The fraction of sp³-hybridized carbons (Fsp3) is 1.00. The van der Waals surface area contributed by atoms with Crippen LogP contribution < -0.4 is 5.32 Å². The molecule has 0 radical (unpaired) electrons. The highest BCUT2D eigenvalue weighted by molar-refractivity contribution is 5.11. The molecule has 5 atom stereocenters. The molecular weight excluding hydrogens is 258 g/mol. The van der Waals surface area contributed by atoms with Crippen LogP contribution in [-0.2, 0) is 4.74 Å². The van der Waals surface area contributed by atoms with Crippen LogP contribution in [0.3, 0.4) is 0 Å². The van der Waals surface area contributed by atoms with Gasteiger partial charge in [-0.05, 0) is 67.7 Å². The van der Waals surface area contributed by atoms with Gasteiger partial charge < -0.3 is 10.1 Å². The molecule has 3 saturated carbocycles. The first-order valence-corrected chi connectivity index (χ1v) is 9.34. The summed E-state index contributed by atoms with van der Waals surface area (Å²) in [5.41, 5.74) is 0.908. The summed E-state index contributed by atoms with van der Waals surface area (Å²) < 4.78 is 6.44. The zero-order valence-corrected chi connectivity index (χ0v) is 14.6. The van der Waals surface area contributed by atoms with Crippen LogP contribution in [0.25, 0.3) is 0 Å². The molecule has 0 saturated heterocycles. The molecule has 3 aliphatic rings. The summed E-state index contributed by atoms with van der Waals surface area (Å²) in [4.78, 5) is 0. The van der Waals surface area contributed by atoms with Crippen molar-refractivity contribution in [3.63, 3.8) is 0 Å². The maximum atomic E-state index is 6.44. The van der Waals surface area contributed by atoms with E-state index in [4.69, 9.17) is 4.74 Å². The van der Waals surface area contributed by atoms with Crippen LogP contribution in [0.5, 0.6) is 0 Å². The summed E-state index contributed by atoms with van der Waals surface area (Å²) in [5, 5.41) is 3.67. The van der Waals surface area contributed by atoms with Gasteiger partial charge in [-0.15, -0.1) is 0 Å². The minimum Gasteiger partial charge on any atom is -0.378 e. The fourth-order valence-electron chi connectivity index (χ4n) is 5.66. The van der Waals surface area contributed by atoms with E-state index < -0.39 is 0 Å². The Balaban J connectivity index is 1.49. The zero-order valence-electron chi connectivity index (χ0n) is 14.6. The average Bonchev–Trinajstić information content (AvgIpc) is 3.02. The molecule has 1 N–H and O–H groups in total. The Bertz CT molecular complexity index is 367. The Morgan fingerprint density at radius 1 is 1.14 bits per heavy atom. The molecule has 21 heavy (non-hydrogen) atoms. The lowest BCUT2D eigenvalue weighted by molar-refractivity contribution is -0.0506. The number of hydrogen-bond acceptors (Lipinski definition) is 2. The highest BCUT2D eigenvalue weighted by atomic mass is 16.5. The molecule has 0 heterocycles. The molecule has 0 amide bonds. The number of nitrogens with one attached hydrogen (secondary N) is 1. The van der Waals surface area contributed by atoms with Crippen molar-refractivity contribution in [2.45, 2.75) is 84.8 Å². The molecule has 3 rings (SSSR count). The summed E-state index contributed by atoms with van der Waals surface area (Å²) in [6, 6.07) is 0.755. The van der Waals surface area contributed by atoms with Crippen LogP contribution >= 0.6 is 0 Å². The van der Waals surface area contributed by atoms with E-state index in [-0.39, 0.29) is 0 Å². The lowest BCUT2D eigenvalue weighted by atomic mass is 9.70. The molecule has 122 valence electrons. The van der Waals surface area contributed by atoms with Gasteiger partial charge in [-0.2, -0.15) is 0 Å². The molecule has 2 heteroatoms. The minimum absolute atomic E-state index is 0.425. The molecule has 0 spiro atoms. The molecule has 3 aliphatic carbocycles. The first-order chi connectivity index (χ1) is 9.99. The van der Waals surface area contributed by atoms with Crippen LogP contribution in [-0.4, -0.2) is 25.3 Å². The van der Waals surface area contributed by atoms with Crippen molar-refractivity contribution in [1.29, 1.82) is 0 Å². The van der Waals surface area contributed by atoms with Gasteiger partial charge in [0.1, 0.15) is 0 Å². The fourth-order valence-corrected chi connectivity index (χ4v) is 5.66. The number of ether oxygens (including phenoxy) is 1. The maximum absolute atomic E-state index is 6.44. The molecule has 0 aromatic rings. The second-order valence-electron chi connectivity index (χ2n) is 8.61. The van der Waals surface area contributed by atoms with Crippen molar-refractivity contribution >= 4 is 0 Å². The van der Waals surface area contributed by atoms with E-state index in [2.05, 4.69) is 33.0 Å². The van der Waals surface area contributed by atoms with Gasteiger partial charge in [0, 0.05) is 12.6 Å². The van der Waals surface area contributed by atoms with Gasteiger partial charge in [-0.3, -0.25) is 0 Å². The first-order valence-electron chi connectivity index (χ1n) is 9.34. The highest BCUT2D eigenvalue weighted by Crippen LogP contribution is 2.66. The number of rotatable bonds is 6. The first kappa shape index (κ1) is 15.8. The van der Waals surface area contributed by atoms with Crippen LogP contribution in [0.1, 0.15) is 72.6 Å². The molecule has 0 aliphatic heterocycles. The molecule has 2 nitrogen and oxygen atoms in total. The van der Waals surface area contributed by atoms with Crippen LogP contribution in [0.2, 0.25) is 0 Å². The van der Waals surface area contributed by atoms with Crippen molar-refractivity contribution in [2.24, 2.45) is 22.7 Å². The largest absolute Gasteiger partial charge is 0.378 e. The van der Waals surface area contributed by atoms with Gasteiger partial charge >= 0.3 is 0 Å². The van der Waals surface area contributed by atoms with Gasteiger partial charge in [0.25, 0.3) is 0 Å². The van der Waals surface area contributed by atoms with Crippen molar-refractivity contribution in [2.75, 3.05) is 13.2 Å². The Morgan fingerprint density at radius 3 is 2.57 bits per heavy atom. The average molecular weight is 293 g/mol. The number of fused-ring (bicyclic) bond motifs is 2. The van der Waals surface area contributed by atoms with Crippen LogP contribution in [0, 0.1) is 22.7 Å². The van der Waals surface area contributed by atoms with Gasteiger partial charge in [-0.25, -0.2) is 0 Å². The van der Waals surface area contributed by atoms with E-state index in [0.29, 0.717) is 16.9 Å². The van der Waals surface area contributed by atoms with Crippen molar-refractivity contribution in [3.05, 3.63) is 0 Å². The lowest BCUT2D eigenvalue weighted by Crippen LogP contribution is -2.38. The highest BCUT2D eigenvalue weighted by Gasteiger charge is 2.61. The van der Waals surface area contributed by atoms with Crippen LogP contribution in [0.4, 0.5) is 0 Å². The van der Waals surface area contributed by atoms with Crippen molar-refractivity contribution in [1.82, 2.24) is 5.32 Å². The van der Waals surface area contributed by atoms with Gasteiger partial charge in [0.15, 0.2) is 0 Å². The van der Waals surface area contributed by atoms with E-state index in [1.165, 1.54) is 44.9 Å². The molecular formula is C19H35NO. The Hall–Kier alpha value is -0.0800. The predicted molar refractivity (Wildman–Crippen MR) is 88.4 cm³/mol. The quantitative estimate of drug-likeness (QED) is 0.784. The standard InChI is InChI=1S/C19H35NO/c1-5-20-16-8-6-7-14(16)10-12-21-17-13-15-9-11-19(17,4)18(15,2)3/h14-17,20H,5-13H2,1-4H3. The topological polar surface area (TPSA) is 21.3 Å². The summed E-state index contributed by atoms with van der Waals surface area (Å²) >= 11 is 0. The molecule has 0 aromatic heterocycles. The molecule has 2 bridgehead atoms. The Labute approximate surface area is 131 Å². The molecule has 5 unspecified atom stereocenters. The molecule has 3 fully saturated rings. The summed E-state index contributed by atoms with van der Waals surface area (Å²) in [6.07, 6.45) is 10.1. The third-order valence-corrected chi connectivity index (χ3v) is 7.65. The van der Waals surface area contributed by atoms with E-state index in [0.717, 1.165) is 31.0 Å². The van der Waals surface area contributed by atoms with Gasteiger partial charge in [0.2, 0.25) is 0 Å². The second-order valence-corrected chi connectivity index (χ2v) is 8.61. The lowest BCUT2D eigenvalue weighted by Gasteiger charge is -2.39. The third-order valence-electron chi connectivity index (χ3n) is 7.65.